The van der Waals surface area contributed by atoms with Crippen molar-refractivity contribution < 1.29 is 13.9 Å². The van der Waals surface area contributed by atoms with Crippen LogP contribution in [0.5, 0.6) is 0 Å². The Labute approximate surface area is 178 Å². The number of anilines is 2. The van der Waals surface area contributed by atoms with E-state index >= 15 is 0 Å². The van der Waals surface area contributed by atoms with E-state index in [2.05, 4.69) is 24.8 Å². The minimum absolute atomic E-state index is 0.00524. The van der Waals surface area contributed by atoms with Gasteiger partial charge in [0.2, 0.25) is 5.95 Å². The molecule has 1 aliphatic rings. The monoisotopic (exact) mass is 423 g/mol. The van der Waals surface area contributed by atoms with Crippen LogP contribution in [0.3, 0.4) is 0 Å². The topological polar surface area (TPSA) is 109 Å². The summed E-state index contributed by atoms with van der Waals surface area (Å²) >= 11 is 0. The lowest BCUT2D eigenvalue weighted by Crippen LogP contribution is -2.40. The Morgan fingerprint density at radius 2 is 2.06 bits per heavy atom. The highest BCUT2D eigenvalue weighted by Crippen LogP contribution is 2.30. The first-order chi connectivity index (χ1) is 15.0. The highest BCUT2D eigenvalue weighted by molar-refractivity contribution is 5.89. The fourth-order valence-corrected chi connectivity index (χ4v) is 3.69. The van der Waals surface area contributed by atoms with Crippen molar-refractivity contribution in [1.82, 2.24) is 24.4 Å². The zero-order valence-electron chi connectivity index (χ0n) is 17.2. The number of hydrogen-bond donors (Lipinski definition) is 1. The molecule has 3 aromatic heterocycles. The highest BCUT2D eigenvalue weighted by atomic mass is 19.1. The van der Waals surface area contributed by atoms with E-state index in [-0.39, 0.29) is 29.6 Å². The van der Waals surface area contributed by atoms with Crippen molar-refractivity contribution in [3.63, 3.8) is 0 Å². The van der Waals surface area contributed by atoms with Crippen molar-refractivity contribution in [1.29, 1.82) is 5.26 Å². The lowest BCUT2D eigenvalue weighted by atomic mass is 10.1. The Kier molecular flexibility index (Phi) is 5.66. The number of hydrogen-bond acceptors (Lipinski definition) is 7. The minimum atomic E-state index is -0.772. The molecule has 1 amide bonds. The number of pyridine rings is 1. The van der Waals surface area contributed by atoms with Crippen molar-refractivity contribution >= 4 is 28.6 Å². The number of fused-ring (bicyclic) bond motifs is 1. The van der Waals surface area contributed by atoms with Crippen LogP contribution in [0.4, 0.5) is 20.7 Å². The second kappa shape index (κ2) is 8.55. The van der Waals surface area contributed by atoms with Crippen LogP contribution in [0.2, 0.25) is 0 Å². The van der Waals surface area contributed by atoms with E-state index in [1.807, 2.05) is 32.2 Å². The average Bonchev–Trinajstić information content (AvgIpc) is 3.20. The molecule has 1 N–H and O–H groups in total. The van der Waals surface area contributed by atoms with Gasteiger partial charge in [0, 0.05) is 25.3 Å². The summed E-state index contributed by atoms with van der Waals surface area (Å²) in [6.07, 6.45) is 4.49. The van der Waals surface area contributed by atoms with E-state index in [0.29, 0.717) is 18.9 Å². The number of nitrogens with one attached hydrogen (secondary N) is 1. The van der Waals surface area contributed by atoms with Gasteiger partial charge in [0.25, 0.3) is 0 Å². The van der Waals surface area contributed by atoms with Crippen LogP contribution in [0.25, 0.3) is 11.0 Å². The number of carbonyl (C=O) groups excluding carboxylic acids is 1. The second-order valence-electron chi connectivity index (χ2n) is 7.60. The van der Waals surface area contributed by atoms with Crippen LogP contribution in [0, 0.1) is 17.3 Å². The number of nitrogens with zero attached hydrogens (tertiary/aromatic N) is 6. The molecule has 3 aromatic rings. The van der Waals surface area contributed by atoms with Gasteiger partial charge in [-0.3, -0.25) is 0 Å². The maximum absolute atomic E-state index is 14.2. The molecule has 0 aliphatic carbocycles. The Morgan fingerprint density at radius 1 is 1.29 bits per heavy atom. The molecule has 0 aromatic carbocycles. The first-order valence-electron chi connectivity index (χ1n) is 10.1. The lowest BCUT2D eigenvalue weighted by Gasteiger charge is -2.32. The third-order valence-corrected chi connectivity index (χ3v) is 5.18. The predicted octanol–water partition coefficient (Wildman–Crippen LogP) is 3.76. The predicted molar refractivity (Wildman–Crippen MR) is 111 cm³/mol. The van der Waals surface area contributed by atoms with Crippen LogP contribution in [0.1, 0.15) is 38.4 Å². The van der Waals surface area contributed by atoms with Crippen LogP contribution in [0.15, 0.2) is 30.7 Å². The Hall–Kier alpha value is -3.74. The lowest BCUT2D eigenvalue weighted by molar-refractivity contribution is 0.0663. The molecular weight excluding hydrogens is 401 g/mol. The quantitative estimate of drug-likeness (QED) is 0.636. The molecular formula is C21H22FN7O2. The fourth-order valence-electron chi connectivity index (χ4n) is 3.69. The minimum Gasteiger partial charge on any atom is -0.447 e. The van der Waals surface area contributed by atoms with E-state index in [9.17, 15) is 9.18 Å². The number of likely N-dealkylation sites (tertiary alicyclic amines) is 1. The van der Waals surface area contributed by atoms with Crippen LogP contribution < -0.4 is 5.32 Å². The Morgan fingerprint density at radius 3 is 2.74 bits per heavy atom. The smallest absolute Gasteiger partial charge is 0.410 e. The van der Waals surface area contributed by atoms with Gasteiger partial charge in [-0.2, -0.15) is 9.65 Å². The molecule has 4 rings (SSSR count). The van der Waals surface area contributed by atoms with Crippen LogP contribution in [-0.4, -0.2) is 49.7 Å². The molecule has 0 spiro atoms. The molecule has 31 heavy (non-hydrogen) atoms. The fraction of sp³-hybridized carbons (Fsp3) is 0.381. The third kappa shape index (κ3) is 4.26. The van der Waals surface area contributed by atoms with Crippen molar-refractivity contribution in [3.05, 3.63) is 42.4 Å². The van der Waals surface area contributed by atoms with E-state index in [4.69, 9.17) is 10.00 Å². The number of piperidine rings is 1. The van der Waals surface area contributed by atoms with Crippen molar-refractivity contribution in [2.75, 3.05) is 18.4 Å². The summed E-state index contributed by atoms with van der Waals surface area (Å²) in [5, 5.41) is 12.5. The summed E-state index contributed by atoms with van der Waals surface area (Å²) in [6.45, 7) is 4.88. The molecule has 10 heteroatoms. The molecule has 0 radical (unpaired) electrons. The summed E-state index contributed by atoms with van der Waals surface area (Å²) in [6, 6.07) is 6.76. The van der Waals surface area contributed by atoms with Gasteiger partial charge < -0.3 is 19.5 Å². The molecule has 9 nitrogen and oxygen atoms in total. The van der Waals surface area contributed by atoms with Gasteiger partial charge in [-0.1, -0.05) is 0 Å². The molecule has 0 atom stereocenters. The van der Waals surface area contributed by atoms with Gasteiger partial charge >= 0.3 is 6.09 Å². The normalized spacial score (nSPS) is 14.6. The first-order valence-corrected chi connectivity index (χ1v) is 10.1. The molecule has 160 valence electrons. The summed E-state index contributed by atoms with van der Waals surface area (Å²) in [5.41, 5.74) is 0.858. The van der Waals surface area contributed by atoms with Gasteiger partial charge in [0.15, 0.2) is 0 Å². The highest BCUT2D eigenvalue weighted by Gasteiger charge is 2.26. The second-order valence-corrected chi connectivity index (χ2v) is 7.60. The number of nitriles is 1. The van der Waals surface area contributed by atoms with Gasteiger partial charge in [0.05, 0.1) is 17.2 Å². The summed E-state index contributed by atoms with van der Waals surface area (Å²) in [5.74, 6) is -0.321. The standard InChI is InChI=1S/C21H22FN7O2/c1-13(2)31-21(30)28-8-5-15(6-9-28)29-10-7-16-19(24-12-25-20(16)29)27-17-4-3-14(11-23)26-18(17)22/h3-4,7,10,12-13,15H,5-6,8-9H2,1-2H3,(H,24,25,27). The molecule has 0 unspecified atom stereocenters. The number of halogens is 1. The third-order valence-electron chi connectivity index (χ3n) is 5.18. The van der Waals surface area contributed by atoms with Gasteiger partial charge in [-0.25, -0.2) is 19.7 Å². The molecule has 1 saturated heterocycles. The summed E-state index contributed by atoms with van der Waals surface area (Å²) in [7, 11) is 0. The van der Waals surface area contributed by atoms with Gasteiger partial charge in [-0.15, -0.1) is 0 Å². The van der Waals surface area contributed by atoms with Gasteiger partial charge in [0.1, 0.15) is 29.6 Å². The average molecular weight is 423 g/mol. The number of ether oxygens (including phenoxy) is 1. The first kappa shape index (κ1) is 20.5. The number of carbonyl (C=O) groups is 1. The van der Waals surface area contributed by atoms with Crippen molar-refractivity contribution in [3.8, 4) is 6.07 Å². The van der Waals surface area contributed by atoms with E-state index in [1.165, 1.54) is 18.5 Å². The largest absolute Gasteiger partial charge is 0.447 e. The maximum atomic E-state index is 14.2. The maximum Gasteiger partial charge on any atom is 0.410 e. The van der Waals surface area contributed by atoms with Crippen molar-refractivity contribution in [2.45, 2.75) is 38.8 Å². The Bertz CT molecular complexity index is 1150. The van der Waals surface area contributed by atoms with E-state index in [1.54, 1.807) is 4.90 Å². The number of aromatic nitrogens is 4. The SMILES string of the molecule is CC(C)OC(=O)N1CCC(n2ccc3c(Nc4ccc(C#N)nc4F)ncnc32)CC1. The number of amides is 1. The van der Waals surface area contributed by atoms with E-state index in [0.717, 1.165) is 23.9 Å². The zero-order valence-corrected chi connectivity index (χ0v) is 17.2. The molecule has 0 bridgehead atoms. The molecule has 1 fully saturated rings. The molecule has 0 saturated carbocycles. The molecule has 1 aliphatic heterocycles. The summed E-state index contributed by atoms with van der Waals surface area (Å²) in [4.78, 5) is 26.1. The van der Waals surface area contributed by atoms with Gasteiger partial charge in [-0.05, 0) is 44.9 Å². The van der Waals surface area contributed by atoms with Crippen LogP contribution >= 0.6 is 0 Å². The van der Waals surface area contributed by atoms with Crippen LogP contribution in [-0.2, 0) is 4.74 Å². The van der Waals surface area contributed by atoms with Crippen molar-refractivity contribution in [2.24, 2.45) is 0 Å². The number of rotatable bonds is 4. The van der Waals surface area contributed by atoms with E-state index < -0.39 is 5.95 Å². The zero-order chi connectivity index (χ0) is 22.0. The summed E-state index contributed by atoms with van der Waals surface area (Å²) < 4.78 is 21.5. The molecule has 4 heterocycles. The Balaban J connectivity index is 1.52.